The molecule has 0 fully saturated rings. The summed E-state index contributed by atoms with van der Waals surface area (Å²) in [7, 11) is 3.95. The van der Waals surface area contributed by atoms with Gasteiger partial charge in [0, 0.05) is 37.3 Å². The van der Waals surface area contributed by atoms with Crippen molar-refractivity contribution in [3.8, 4) is 11.3 Å². The second-order valence-corrected chi connectivity index (χ2v) is 9.09. The minimum atomic E-state index is 0.0750. The number of halogens is 1. The summed E-state index contributed by atoms with van der Waals surface area (Å²) in [6, 6.07) is 8.47. The zero-order valence-corrected chi connectivity index (χ0v) is 19.0. The lowest BCUT2D eigenvalue weighted by Crippen LogP contribution is -2.18. The molecule has 3 heterocycles. The van der Waals surface area contributed by atoms with Gasteiger partial charge in [0.05, 0.1) is 23.0 Å². The Bertz CT molecular complexity index is 1110. The zero-order chi connectivity index (χ0) is 21.4. The maximum atomic E-state index is 11.7. The number of carbonyl (C=O) groups excluding carboxylic acids is 1. The molecule has 2 aromatic heterocycles. The molecule has 1 N–H and O–H groups in total. The summed E-state index contributed by atoms with van der Waals surface area (Å²) in [5, 5.41) is 6.37. The Morgan fingerprint density at radius 2 is 2.23 bits per heavy atom. The molecule has 0 spiro atoms. The first-order chi connectivity index (χ1) is 14.4. The van der Waals surface area contributed by atoms with Gasteiger partial charge >= 0.3 is 0 Å². The van der Waals surface area contributed by atoms with Gasteiger partial charge < -0.3 is 14.8 Å². The highest BCUT2D eigenvalue weighted by Gasteiger charge is 2.34. The predicted octanol–water partition coefficient (Wildman–Crippen LogP) is 5.60. The van der Waals surface area contributed by atoms with Gasteiger partial charge in [0.25, 0.3) is 0 Å². The molecular weight excluding hydrogens is 416 g/mol. The molecule has 3 aromatic rings. The van der Waals surface area contributed by atoms with Crippen LogP contribution in [0.3, 0.4) is 0 Å². The molecular formula is C23H25ClN4OS. The normalized spacial score (nSPS) is 15.5. The van der Waals surface area contributed by atoms with Crippen LogP contribution >= 0.6 is 22.9 Å². The Kier molecular flexibility index (Phi) is 5.71. The average Bonchev–Trinajstić information content (AvgIpc) is 3.29. The van der Waals surface area contributed by atoms with E-state index in [1.807, 2.05) is 24.4 Å². The number of nitrogens with one attached hydrogen (secondary N) is 1. The maximum absolute atomic E-state index is 11.7. The fourth-order valence-electron chi connectivity index (χ4n) is 4.29. The van der Waals surface area contributed by atoms with Crippen molar-refractivity contribution >= 4 is 40.7 Å². The SMILES string of the molecule is C=C(c1c(NC=O)c2n(c1-c1cccc(C)c1)CCCC2c1nc(Cl)cs1)N(C)C. The summed E-state index contributed by atoms with van der Waals surface area (Å²) >= 11 is 7.72. The van der Waals surface area contributed by atoms with Crippen LogP contribution in [0.2, 0.25) is 5.15 Å². The quantitative estimate of drug-likeness (QED) is 0.507. The fourth-order valence-corrected chi connectivity index (χ4v) is 5.38. The third-order valence-electron chi connectivity index (χ3n) is 5.62. The van der Waals surface area contributed by atoms with E-state index in [-0.39, 0.29) is 5.92 Å². The second kappa shape index (κ2) is 8.28. The van der Waals surface area contributed by atoms with Gasteiger partial charge in [0.1, 0.15) is 10.2 Å². The van der Waals surface area contributed by atoms with Crippen LogP contribution in [0.5, 0.6) is 0 Å². The van der Waals surface area contributed by atoms with E-state index < -0.39 is 0 Å². The average molecular weight is 441 g/mol. The topological polar surface area (TPSA) is 50.2 Å². The Morgan fingerprint density at radius 1 is 1.43 bits per heavy atom. The molecule has 1 unspecified atom stereocenters. The van der Waals surface area contributed by atoms with E-state index in [0.29, 0.717) is 5.15 Å². The number of rotatable bonds is 6. The number of carbonyl (C=O) groups is 1. The van der Waals surface area contributed by atoms with Gasteiger partial charge in [-0.05, 0) is 31.4 Å². The van der Waals surface area contributed by atoms with E-state index in [1.165, 1.54) is 5.56 Å². The van der Waals surface area contributed by atoms with Crippen LogP contribution < -0.4 is 5.32 Å². The van der Waals surface area contributed by atoms with Crippen LogP contribution in [0.25, 0.3) is 17.0 Å². The van der Waals surface area contributed by atoms with Crippen molar-refractivity contribution in [1.29, 1.82) is 0 Å². The highest BCUT2D eigenvalue weighted by molar-refractivity contribution is 7.10. The van der Waals surface area contributed by atoms with E-state index in [9.17, 15) is 4.79 Å². The molecule has 1 aromatic carbocycles. The zero-order valence-electron chi connectivity index (χ0n) is 17.4. The summed E-state index contributed by atoms with van der Waals surface area (Å²) in [6.07, 6.45) is 2.74. The molecule has 1 aliphatic heterocycles. The molecule has 0 radical (unpaired) electrons. The number of hydrogen-bond donors (Lipinski definition) is 1. The Labute approximate surface area is 186 Å². The second-order valence-electron chi connectivity index (χ2n) is 7.81. The summed E-state index contributed by atoms with van der Waals surface area (Å²) < 4.78 is 2.34. The molecule has 4 rings (SSSR count). The Balaban J connectivity index is 2.05. The number of anilines is 1. The van der Waals surface area contributed by atoms with Gasteiger partial charge in [-0.3, -0.25) is 4.79 Å². The highest BCUT2D eigenvalue weighted by atomic mass is 35.5. The molecule has 156 valence electrons. The Morgan fingerprint density at radius 3 is 2.87 bits per heavy atom. The molecule has 0 aliphatic carbocycles. The molecule has 0 saturated carbocycles. The summed E-state index contributed by atoms with van der Waals surface area (Å²) in [6.45, 7) is 7.31. The lowest BCUT2D eigenvalue weighted by Gasteiger charge is -2.26. The number of nitrogens with zero attached hydrogens (tertiary/aromatic N) is 3. The van der Waals surface area contributed by atoms with Crippen molar-refractivity contribution in [2.75, 3.05) is 19.4 Å². The van der Waals surface area contributed by atoms with Crippen molar-refractivity contribution < 1.29 is 4.79 Å². The highest BCUT2D eigenvalue weighted by Crippen LogP contribution is 2.48. The Hall–Kier alpha value is -2.57. The predicted molar refractivity (Wildman–Crippen MR) is 125 cm³/mol. The summed E-state index contributed by atoms with van der Waals surface area (Å²) in [5.74, 6) is 0.0750. The van der Waals surface area contributed by atoms with Crippen LogP contribution in [0.4, 0.5) is 5.69 Å². The van der Waals surface area contributed by atoms with Crippen LogP contribution in [-0.2, 0) is 11.3 Å². The van der Waals surface area contributed by atoms with Crippen LogP contribution in [0, 0.1) is 6.92 Å². The van der Waals surface area contributed by atoms with E-state index >= 15 is 0 Å². The smallest absolute Gasteiger partial charge is 0.211 e. The number of thiazole rings is 1. The number of hydrogen-bond acceptors (Lipinski definition) is 4. The lowest BCUT2D eigenvalue weighted by molar-refractivity contribution is -0.105. The van der Waals surface area contributed by atoms with Crippen molar-refractivity contribution in [2.45, 2.75) is 32.2 Å². The molecule has 0 bridgehead atoms. The number of aromatic nitrogens is 2. The van der Waals surface area contributed by atoms with Gasteiger partial charge in [-0.1, -0.05) is 41.9 Å². The molecule has 5 nitrogen and oxygen atoms in total. The standard InChI is InChI=1S/C23H25ClN4OS/c1-14-7-5-8-16(11-14)21-19(15(2)27(3)4)20(25-13-29)22-17(9-6-10-28(21)22)23-26-18(24)12-30-23/h5,7-8,11-13,17H,2,6,9-10H2,1,3-4H3,(H,25,29). The van der Waals surface area contributed by atoms with Gasteiger partial charge in [0.15, 0.2) is 0 Å². The molecule has 1 amide bonds. The first-order valence-electron chi connectivity index (χ1n) is 9.93. The van der Waals surface area contributed by atoms with Crippen LogP contribution in [-0.4, -0.2) is 35.0 Å². The number of benzene rings is 1. The van der Waals surface area contributed by atoms with Crippen molar-refractivity contribution in [3.05, 3.63) is 63.2 Å². The molecule has 30 heavy (non-hydrogen) atoms. The van der Waals surface area contributed by atoms with Gasteiger partial charge in [-0.25, -0.2) is 4.98 Å². The lowest BCUT2D eigenvalue weighted by atomic mass is 9.95. The first kappa shape index (κ1) is 20.7. The van der Waals surface area contributed by atoms with E-state index in [0.717, 1.165) is 64.7 Å². The summed E-state index contributed by atoms with van der Waals surface area (Å²) in [4.78, 5) is 18.2. The summed E-state index contributed by atoms with van der Waals surface area (Å²) in [5.41, 5.74) is 7.10. The van der Waals surface area contributed by atoms with Crippen LogP contribution in [0.15, 0.2) is 36.2 Å². The van der Waals surface area contributed by atoms with Crippen LogP contribution in [0.1, 0.15) is 40.6 Å². The number of fused-ring (bicyclic) bond motifs is 1. The van der Waals surface area contributed by atoms with Gasteiger partial charge in [0.2, 0.25) is 6.41 Å². The maximum Gasteiger partial charge on any atom is 0.211 e. The van der Waals surface area contributed by atoms with Crippen molar-refractivity contribution in [2.24, 2.45) is 0 Å². The monoisotopic (exact) mass is 440 g/mol. The molecule has 1 aliphatic rings. The third-order valence-corrected chi connectivity index (χ3v) is 6.90. The van der Waals surface area contributed by atoms with E-state index in [4.69, 9.17) is 11.6 Å². The molecule has 1 atom stereocenters. The van der Waals surface area contributed by atoms with E-state index in [2.05, 4.69) is 52.6 Å². The van der Waals surface area contributed by atoms with E-state index in [1.54, 1.807) is 11.3 Å². The number of aryl methyl sites for hydroxylation is 1. The largest absolute Gasteiger partial charge is 0.378 e. The third kappa shape index (κ3) is 3.55. The first-order valence-corrected chi connectivity index (χ1v) is 11.2. The van der Waals surface area contributed by atoms with Gasteiger partial charge in [-0.2, -0.15) is 0 Å². The number of amides is 1. The fraction of sp³-hybridized carbons (Fsp3) is 0.304. The van der Waals surface area contributed by atoms with Gasteiger partial charge in [-0.15, -0.1) is 11.3 Å². The molecule has 7 heteroatoms. The van der Waals surface area contributed by atoms with Crippen molar-refractivity contribution in [3.63, 3.8) is 0 Å². The minimum Gasteiger partial charge on any atom is -0.378 e. The minimum absolute atomic E-state index is 0.0750. The molecule has 0 saturated heterocycles. The van der Waals surface area contributed by atoms with Crippen molar-refractivity contribution in [1.82, 2.24) is 14.5 Å².